The first kappa shape index (κ1) is 17.5. The smallest absolute Gasteiger partial charge is 0.276 e. The summed E-state index contributed by atoms with van der Waals surface area (Å²) in [7, 11) is 0. The zero-order valence-corrected chi connectivity index (χ0v) is 13.7. The van der Waals surface area contributed by atoms with Gasteiger partial charge in [0, 0.05) is 10.6 Å². The molecule has 0 saturated carbocycles. The summed E-state index contributed by atoms with van der Waals surface area (Å²) < 4.78 is 0. The molecule has 0 radical (unpaired) electrons. The number of benzene rings is 1. The van der Waals surface area contributed by atoms with E-state index in [1.165, 1.54) is 0 Å². The van der Waals surface area contributed by atoms with Crippen molar-refractivity contribution in [1.82, 2.24) is 5.32 Å². The molecule has 0 spiro atoms. The normalized spacial score (nSPS) is 15.1. The van der Waals surface area contributed by atoms with Crippen LogP contribution in [0.15, 0.2) is 24.3 Å². The number of nitrogens with two attached hydrogens (primary N) is 1. The van der Waals surface area contributed by atoms with Crippen LogP contribution in [0.3, 0.4) is 0 Å². The summed E-state index contributed by atoms with van der Waals surface area (Å²) in [5.41, 5.74) is 0.285. The molecule has 0 aliphatic carbocycles. The first-order chi connectivity index (χ1) is 9.78. The third-order valence-electron chi connectivity index (χ3n) is 3.84. The summed E-state index contributed by atoms with van der Waals surface area (Å²) in [5.74, 6) is -0.0753. The van der Waals surface area contributed by atoms with Crippen molar-refractivity contribution in [2.24, 2.45) is 5.92 Å². The van der Waals surface area contributed by atoms with E-state index in [1.807, 2.05) is 50.4 Å². The number of nitriles is 1. The van der Waals surface area contributed by atoms with Crippen molar-refractivity contribution in [3.05, 3.63) is 34.9 Å². The first-order valence-corrected chi connectivity index (χ1v) is 7.47. The van der Waals surface area contributed by atoms with Gasteiger partial charge in [-0.2, -0.15) is 5.26 Å². The Bertz CT molecular complexity index is 521. The lowest BCUT2D eigenvalue weighted by atomic mass is 9.90. The van der Waals surface area contributed by atoms with Crippen LogP contribution >= 0.6 is 11.6 Å². The highest BCUT2D eigenvalue weighted by Gasteiger charge is 2.30. The van der Waals surface area contributed by atoms with Gasteiger partial charge in [-0.3, -0.25) is 4.79 Å². The average Bonchev–Trinajstić information content (AvgIpc) is 2.45. The van der Waals surface area contributed by atoms with Crippen LogP contribution in [0.4, 0.5) is 0 Å². The Kier molecular flexibility index (Phi) is 6.19. The monoisotopic (exact) mass is 308 g/mol. The van der Waals surface area contributed by atoms with Gasteiger partial charge in [0.1, 0.15) is 11.6 Å². The maximum Gasteiger partial charge on any atom is 0.276 e. The quantitative estimate of drug-likeness (QED) is 0.844. The summed E-state index contributed by atoms with van der Waals surface area (Å²) in [6.07, 6.45) is 0. The predicted octanol–water partition coefficient (Wildman–Crippen LogP) is 2.02. The number of nitrogens with one attached hydrogen (secondary N) is 1. The van der Waals surface area contributed by atoms with Gasteiger partial charge in [-0.1, -0.05) is 37.6 Å². The van der Waals surface area contributed by atoms with Gasteiger partial charge in [0.2, 0.25) is 0 Å². The van der Waals surface area contributed by atoms with E-state index < -0.39 is 5.54 Å². The van der Waals surface area contributed by atoms with E-state index in [2.05, 4.69) is 11.4 Å². The number of rotatable bonds is 6. The van der Waals surface area contributed by atoms with Gasteiger partial charge in [0.05, 0.1) is 6.07 Å². The fourth-order valence-electron chi connectivity index (χ4n) is 1.83. The molecule has 1 rings (SSSR count). The molecule has 0 aromatic heterocycles. The van der Waals surface area contributed by atoms with Crippen molar-refractivity contribution in [3.63, 3.8) is 0 Å². The number of amides is 1. The molecule has 3 N–H and O–H groups in total. The standard InChI is InChI=1S/C16H22ClN3O/c1-11(2)16(4,10-18)20-15(21)9-19-12(3)13-5-7-14(17)8-6-13/h5-8,11-12,19H,9H2,1-4H3,(H,20,21)/p+1/t12-,16+/m1/s1. The van der Waals surface area contributed by atoms with Crippen molar-refractivity contribution in [2.75, 3.05) is 6.54 Å². The lowest BCUT2D eigenvalue weighted by molar-refractivity contribution is -0.682. The van der Waals surface area contributed by atoms with Gasteiger partial charge in [-0.25, -0.2) is 0 Å². The number of hydrogen-bond donors (Lipinski definition) is 2. The van der Waals surface area contributed by atoms with Crippen LogP contribution in [0.25, 0.3) is 0 Å². The third-order valence-corrected chi connectivity index (χ3v) is 4.09. The van der Waals surface area contributed by atoms with Crippen LogP contribution < -0.4 is 10.6 Å². The number of nitrogens with zero attached hydrogens (tertiary/aromatic N) is 1. The summed E-state index contributed by atoms with van der Waals surface area (Å²) in [6.45, 7) is 7.90. The molecule has 0 aliphatic rings. The predicted molar refractivity (Wildman–Crippen MR) is 83.7 cm³/mol. The van der Waals surface area contributed by atoms with E-state index in [0.29, 0.717) is 5.02 Å². The Morgan fingerprint density at radius 1 is 1.38 bits per heavy atom. The second-order valence-corrected chi connectivity index (χ2v) is 6.23. The molecule has 1 aromatic rings. The first-order valence-electron chi connectivity index (χ1n) is 7.09. The fourth-order valence-corrected chi connectivity index (χ4v) is 1.95. The summed E-state index contributed by atoms with van der Waals surface area (Å²) in [4.78, 5) is 12.0. The van der Waals surface area contributed by atoms with Crippen molar-refractivity contribution in [2.45, 2.75) is 39.3 Å². The van der Waals surface area contributed by atoms with Gasteiger partial charge in [-0.05, 0) is 31.9 Å². The number of carbonyl (C=O) groups is 1. The molecule has 1 aromatic carbocycles. The van der Waals surface area contributed by atoms with Crippen molar-refractivity contribution in [1.29, 1.82) is 5.26 Å². The van der Waals surface area contributed by atoms with Crippen LogP contribution in [-0.4, -0.2) is 18.0 Å². The Hall–Kier alpha value is -1.57. The maximum atomic E-state index is 12.0. The van der Waals surface area contributed by atoms with E-state index >= 15 is 0 Å². The van der Waals surface area contributed by atoms with Crippen LogP contribution in [0.1, 0.15) is 39.3 Å². The SMILES string of the molecule is CC(C)[C@](C)(C#N)NC(=O)C[NH2+][C@H](C)c1ccc(Cl)cc1. The average molecular weight is 309 g/mol. The molecule has 0 fully saturated rings. The highest BCUT2D eigenvalue weighted by atomic mass is 35.5. The third kappa shape index (κ3) is 5.04. The van der Waals surface area contributed by atoms with Gasteiger partial charge < -0.3 is 10.6 Å². The summed E-state index contributed by atoms with van der Waals surface area (Å²) >= 11 is 5.86. The molecule has 114 valence electrons. The molecule has 0 unspecified atom stereocenters. The van der Waals surface area contributed by atoms with Crippen LogP contribution in [0, 0.1) is 17.2 Å². The molecule has 0 heterocycles. The molecule has 0 saturated heterocycles. The molecule has 5 heteroatoms. The molecule has 0 aliphatic heterocycles. The molecular weight excluding hydrogens is 286 g/mol. The molecule has 0 bridgehead atoms. The van der Waals surface area contributed by atoms with E-state index in [1.54, 1.807) is 6.92 Å². The largest absolute Gasteiger partial charge is 0.333 e. The van der Waals surface area contributed by atoms with Crippen LogP contribution in [-0.2, 0) is 4.79 Å². The Balaban J connectivity index is 2.53. The maximum absolute atomic E-state index is 12.0. The van der Waals surface area contributed by atoms with Gasteiger partial charge in [-0.15, -0.1) is 0 Å². The number of hydrogen-bond acceptors (Lipinski definition) is 2. The van der Waals surface area contributed by atoms with E-state index in [9.17, 15) is 10.1 Å². The zero-order valence-electron chi connectivity index (χ0n) is 13.0. The lowest BCUT2D eigenvalue weighted by Crippen LogP contribution is -2.87. The minimum absolute atomic E-state index is 0.0557. The Morgan fingerprint density at radius 3 is 2.43 bits per heavy atom. The summed E-state index contributed by atoms with van der Waals surface area (Å²) in [5, 5.41) is 14.6. The second-order valence-electron chi connectivity index (χ2n) is 5.80. The van der Waals surface area contributed by atoms with Crippen molar-refractivity contribution >= 4 is 17.5 Å². The van der Waals surface area contributed by atoms with E-state index in [-0.39, 0.29) is 24.4 Å². The molecule has 4 nitrogen and oxygen atoms in total. The Morgan fingerprint density at radius 2 is 1.95 bits per heavy atom. The number of carbonyl (C=O) groups excluding carboxylic acids is 1. The molecule has 21 heavy (non-hydrogen) atoms. The zero-order chi connectivity index (χ0) is 16.0. The van der Waals surface area contributed by atoms with E-state index in [4.69, 9.17) is 11.6 Å². The minimum Gasteiger partial charge on any atom is -0.333 e. The lowest BCUT2D eigenvalue weighted by Gasteiger charge is -2.27. The minimum atomic E-state index is -0.825. The highest BCUT2D eigenvalue weighted by Crippen LogP contribution is 2.15. The van der Waals surface area contributed by atoms with Gasteiger partial charge in [0.15, 0.2) is 6.54 Å². The highest BCUT2D eigenvalue weighted by molar-refractivity contribution is 6.30. The molecule has 2 atom stereocenters. The summed E-state index contributed by atoms with van der Waals surface area (Å²) in [6, 6.07) is 9.91. The van der Waals surface area contributed by atoms with Crippen molar-refractivity contribution < 1.29 is 10.1 Å². The molecular formula is C16H23ClN3O+. The van der Waals surface area contributed by atoms with Gasteiger partial charge in [0.25, 0.3) is 5.91 Å². The second kappa shape index (κ2) is 7.44. The van der Waals surface area contributed by atoms with Crippen molar-refractivity contribution in [3.8, 4) is 6.07 Å². The fraction of sp³-hybridized carbons (Fsp3) is 0.500. The van der Waals surface area contributed by atoms with E-state index in [0.717, 1.165) is 5.56 Å². The van der Waals surface area contributed by atoms with Crippen LogP contribution in [0.5, 0.6) is 0 Å². The topological polar surface area (TPSA) is 69.5 Å². The Labute approximate surface area is 131 Å². The number of halogens is 1. The van der Waals surface area contributed by atoms with Crippen LogP contribution in [0.2, 0.25) is 5.02 Å². The molecule has 1 amide bonds. The number of quaternary nitrogens is 1. The van der Waals surface area contributed by atoms with Gasteiger partial charge >= 0.3 is 0 Å².